The second-order valence-corrected chi connectivity index (χ2v) is 4.73. The molecule has 0 spiro atoms. The van der Waals surface area contributed by atoms with Gasteiger partial charge in [0.05, 0.1) is 0 Å². The van der Waals surface area contributed by atoms with Crippen LogP contribution in [0.3, 0.4) is 0 Å². The zero-order valence-corrected chi connectivity index (χ0v) is 12.0. The monoisotopic (exact) mass is 280 g/mol. The molecule has 0 radical (unpaired) electrons. The molecule has 0 aromatic heterocycles. The molecule has 2 amide bonds. The van der Waals surface area contributed by atoms with Gasteiger partial charge < -0.3 is 10.6 Å². The average Bonchev–Trinajstić information content (AvgIpc) is 2.42. The lowest BCUT2D eigenvalue weighted by molar-refractivity contribution is -0.136. The minimum Gasteiger partial charge on any atom is -0.348 e. The van der Waals surface area contributed by atoms with Gasteiger partial charge >= 0.3 is 11.8 Å². The van der Waals surface area contributed by atoms with E-state index in [2.05, 4.69) is 17.6 Å². The molecule has 0 unspecified atom stereocenters. The molecule has 2 N–H and O–H groups in total. The van der Waals surface area contributed by atoms with E-state index in [-0.39, 0.29) is 0 Å². The number of carbonyl (C=O) groups is 2. The fourth-order valence-corrected chi connectivity index (χ4v) is 1.74. The zero-order chi connectivity index (χ0) is 15.0. The Hall–Kier alpha value is -1.91. The van der Waals surface area contributed by atoms with Crippen molar-refractivity contribution in [1.82, 2.24) is 5.32 Å². The summed E-state index contributed by atoms with van der Waals surface area (Å²) < 4.78 is 13.1. The van der Waals surface area contributed by atoms with Crippen LogP contribution in [0.4, 0.5) is 10.1 Å². The maximum absolute atomic E-state index is 13.1. The fraction of sp³-hybridized carbons (Fsp3) is 0.467. The molecule has 0 aliphatic carbocycles. The molecule has 0 fully saturated rings. The Bertz CT molecular complexity index is 475. The van der Waals surface area contributed by atoms with Crippen molar-refractivity contribution in [3.8, 4) is 0 Å². The third-order valence-corrected chi connectivity index (χ3v) is 2.97. The van der Waals surface area contributed by atoms with E-state index in [1.165, 1.54) is 12.1 Å². The second kappa shape index (κ2) is 8.30. The number of hydrogen-bond donors (Lipinski definition) is 2. The molecule has 0 atom stereocenters. The van der Waals surface area contributed by atoms with E-state index in [0.29, 0.717) is 17.8 Å². The summed E-state index contributed by atoms with van der Waals surface area (Å²) in [7, 11) is 0. The van der Waals surface area contributed by atoms with Crippen molar-refractivity contribution in [3.05, 3.63) is 29.6 Å². The molecule has 0 bridgehead atoms. The Morgan fingerprint density at radius 1 is 1.15 bits per heavy atom. The first-order chi connectivity index (χ1) is 9.54. The predicted octanol–water partition coefficient (Wildman–Crippen LogP) is 2.77. The summed E-state index contributed by atoms with van der Waals surface area (Å²) in [4.78, 5) is 23.2. The minimum atomic E-state index is -0.769. The highest BCUT2D eigenvalue weighted by Gasteiger charge is 2.14. The quantitative estimate of drug-likeness (QED) is 0.622. The van der Waals surface area contributed by atoms with Crippen LogP contribution in [0.15, 0.2) is 18.2 Å². The Kier molecular flexibility index (Phi) is 6.70. The van der Waals surface area contributed by atoms with E-state index in [9.17, 15) is 14.0 Å². The lowest BCUT2D eigenvalue weighted by atomic mass is 10.2. The third kappa shape index (κ3) is 5.38. The van der Waals surface area contributed by atoms with Gasteiger partial charge in [0.2, 0.25) is 0 Å². The van der Waals surface area contributed by atoms with Gasteiger partial charge in [-0.05, 0) is 31.0 Å². The van der Waals surface area contributed by atoms with Gasteiger partial charge in [0.25, 0.3) is 0 Å². The lowest BCUT2D eigenvalue weighted by Crippen LogP contribution is -2.36. The molecule has 0 aliphatic heterocycles. The number of halogens is 1. The van der Waals surface area contributed by atoms with E-state index < -0.39 is 17.6 Å². The van der Waals surface area contributed by atoms with Crippen LogP contribution in [0, 0.1) is 12.7 Å². The largest absolute Gasteiger partial charge is 0.348 e. The van der Waals surface area contributed by atoms with Crippen molar-refractivity contribution in [2.75, 3.05) is 11.9 Å². The van der Waals surface area contributed by atoms with Gasteiger partial charge in [-0.1, -0.05) is 32.3 Å². The summed E-state index contributed by atoms with van der Waals surface area (Å²) in [6, 6.07) is 4.05. The highest BCUT2D eigenvalue weighted by molar-refractivity contribution is 6.39. The van der Waals surface area contributed by atoms with Crippen LogP contribution < -0.4 is 10.6 Å². The average molecular weight is 280 g/mol. The molecule has 1 aromatic carbocycles. The summed E-state index contributed by atoms with van der Waals surface area (Å²) in [5, 5.41) is 4.96. The Labute approximate surface area is 118 Å². The Balaban J connectivity index is 2.41. The number of unbranched alkanes of at least 4 members (excludes halogenated alkanes) is 3. The third-order valence-electron chi connectivity index (χ3n) is 2.97. The fourth-order valence-electron chi connectivity index (χ4n) is 1.74. The number of amides is 2. The highest BCUT2D eigenvalue weighted by atomic mass is 19.1. The maximum atomic E-state index is 13.1. The van der Waals surface area contributed by atoms with E-state index in [1.807, 2.05) is 0 Å². The van der Waals surface area contributed by atoms with Crippen molar-refractivity contribution in [2.45, 2.75) is 39.5 Å². The van der Waals surface area contributed by atoms with Crippen LogP contribution in [0.25, 0.3) is 0 Å². The van der Waals surface area contributed by atoms with Gasteiger partial charge in [-0.15, -0.1) is 0 Å². The molecule has 0 heterocycles. The number of hydrogen-bond acceptors (Lipinski definition) is 2. The molecule has 0 saturated carbocycles. The minimum absolute atomic E-state index is 0.316. The van der Waals surface area contributed by atoms with Crippen LogP contribution in [-0.4, -0.2) is 18.4 Å². The van der Waals surface area contributed by atoms with Crippen molar-refractivity contribution >= 4 is 17.5 Å². The van der Waals surface area contributed by atoms with Crippen molar-refractivity contribution in [3.63, 3.8) is 0 Å². The summed E-state index contributed by atoms with van der Waals surface area (Å²) in [5.74, 6) is -1.91. The number of anilines is 1. The topological polar surface area (TPSA) is 58.2 Å². The Morgan fingerprint density at radius 3 is 2.60 bits per heavy atom. The predicted molar refractivity (Wildman–Crippen MR) is 76.9 cm³/mol. The van der Waals surface area contributed by atoms with E-state index in [4.69, 9.17) is 0 Å². The molecule has 5 heteroatoms. The number of rotatable bonds is 6. The summed E-state index contributed by atoms with van der Waals surface area (Å²) in [6.45, 7) is 4.32. The maximum Gasteiger partial charge on any atom is 0.313 e. The van der Waals surface area contributed by atoms with Crippen LogP contribution in [0.1, 0.15) is 38.2 Å². The number of benzene rings is 1. The summed E-state index contributed by atoms with van der Waals surface area (Å²) in [5.41, 5.74) is 1.02. The van der Waals surface area contributed by atoms with Gasteiger partial charge in [0.1, 0.15) is 5.82 Å². The number of carbonyl (C=O) groups excluding carboxylic acids is 2. The van der Waals surface area contributed by atoms with Crippen LogP contribution in [0.5, 0.6) is 0 Å². The zero-order valence-electron chi connectivity index (χ0n) is 12.0. The molecule has 0 saturated heterocycles. The molecule has 1 rings (SSSR count). The molecular weight excluding hydrogens is 259 g/mol. The van der Waals surface area contributed by atoms with Gasteiger partial charge in [0, 0.05) is 12.2 Å². The lowest BCUT2D eigenvalue weighted by Gasteiger charge is -2.08. The second-order valence-electron chi connectivity index (χ2n) is 4.73. The Morgan fingerprint density at radius 2 is 1.90 bits per heavy atom. The van der Waals surface area contributed by atoms with Gasteiger partial charge in [0.15, 0.2) is 0 Å². The van der Waals surface area contributed by atoms with E-state index in [1.54, 1.807) is 13.0 Å². The summed E-state index contributed by atoms with van der Waals surface area (Å²) in [6.07, 6.45) is 4.12. The molecule has 0 aliphatic rings. The SMILES string of the molecule is CCCCCCNC(=O)C(=O)Nc1cc(F)ccc1C. The first-order valence-electron chi connectivity index (χ1n) is 6.90. The van der Waals surface area contributed by atoms with Gasteiger partial charge in [-0.2, -0.15) is 0 Å². The summed E-state index contributed by atoms with van der Waals surface area (Å²) >= 11 is 0. The first-order valence-corrected chi connectivity index (χ1v) is 6.90. The molecule has 20 heavy (non-hydrogen) atoms. The highest BCUT2D eigenvalue weighted by Crippen LogP contribution is 2.15. The van der Waals surface area contributed by atoms with Crippen molar-refractivity contribution in [1.29, 1.82) is 0 Å². The molecule has 110 valence electrons. The van der Waals surface area contributed by atoms with Crippen LogP contribution >= 0.6 is 0 Å². The van der Waals surface area contributed by atoms with Gasteiger partial charge in [-0.25, -0.2) is 4.39 Å². The standard InChI is InChI=1S/C15H21FN2O2/c1-3-4-5-6-9-17-14(19)15(20)18-13-10-12(16)8-7-11(13)2/h7-8,10H,3-6,9H2,1-2H3,(H,17,19)(H,18,20). The van der Waals surface area contributed by atoms with Gasteiger partial charge in [-0.3, -0.25) is 9.59 Å². The first kappa shape index (κ1) is 16.1. The molecular formula is C15H21FN2O2. The van der Waals surface area contributed by atoms with E-state index in [0.717, 1.165) is 25.7 Å². The van der Waals surface area contributed by atoms with Crippen LogP contribution in [0.2, 0.25) is 0 Å². The number of aryl methyl sites for hydroxylation is 1. The number of nitrogens with one attached hydrogen (secondary N) is 2. The molecule has 4 nitrogen and oxygen atoms in total. The smallest absolute Gasteiger partial charge is 0.313 e. The van der Waals surface area contributed by atoms with E-state index >= 15 is 0 Å². The normalized spacial score (nSPS) is 10.2. The van der Waals surface area contributed by atoms with Crippen molar-refractivity contribution < 1.29 is 14.0 Å². The van der Waals surface area contributed by atoms with Crippen molar-refractivity contribution in [2.24, 2.45) is 0 Å². The van der Waals surface area contributed by atoms with Crippen LogP contribution in [-0.2, 0) is 9.59 Å². The molecule has 1 aromatic rings.